The van der Waals surface area contributed by atoms with E-state index in [0.717, 1.165) is 49.6 Å². The number of piperazine rings is 1. The summed E-state index contributed by atoms with van der Waals surface area (Å²) in [5.41, 5.74) is 1.53. The maximum atomic E-state index is 12.6. The van der Waals surface area contributed by atoms with Crippen LogP contribution < -0.4 is 10.2 Å². The van der Waals surface area contributed by atoms with Crippen LogP contribution in [0.2, 0.25) is 0 Å². The third kappa shape index (κ3) is 5.01. The molecule has 144 valence electrons. The van der Waals surface area contributed by atoms with Crippen molar-refractivity contribution in [2.24, 2.45) is 0 Å². The van der Waals surface area contributed by atoms with Crippen LogP contribution in [-0.4, -0.2) is 44.0 Å². The normalized spacial score (nSPS) is 15.6. The fraction of sp³-hybridized carbons (Fsp3) is 0.350. The second-order valence-corrected chi connectivity index (χ2v) is 6.71. The van der Waals surface area contributed by atoms with E-state index in [1.807, 2.05) is 24.3 Å². The number of alkyl halides is 3. The van der Waals surface area contributed by atoms with Gasteiger partial charge in [0.15, 0.2) is 0 Å². The lowest BCUT2D eigenvalue weighted by atomic mass is 10.1. The summed E-state index contributed by atoms with van der Waals surface area (Å²) in [7, 11) is 2.11. The number of anilines is 1. The molecule has 0 bridgehead atoms. The zero-order valence-electron chi connectivity index (χ0n) is 15.1. The van der Waals surface area contributed by atoms with E-state index in [-0.39, 0.29) is 5.56 Å². The summed E-state index contributed by atoms with van der Waals surface area (Å²) in [5, 5.41) is 2.74. The fourth-order valence-corrected chi connectivity index (χ4v) is 2.98. The molecule has 1 N–H and O–H groups in total. The summed E-state index contributed by atoms with van der Waals surface area (Å²) >= 11 is 0. The highest BCUT2D eigenvalue weighted by molar-refractivity contribution is 5.94. The van der Waals surface area contributed by atoms with Crippen LogP contribution >= 0.6 is 0 Å². The molecule has 0 saturated carbocycles. The molecule has 0 radical (unpaired) electrons. The maximum Gasteiger partial charge on any atom is 0.416 e. The largest absolute Gasteiger partial charge is 0.416 e. The van der Waals surface area contributed by atoms with Crippen LogP contribution in [0, 0.1) is 0 Å². The molecule has 27 heavy (non-hydrogen) atoms. The number of benzene rings is 2. The molecule has 0 spiro atoms. The first-order valence-corrected chi connectivity index (χ1v) is 8.81. The van der Waals surface area contributed by atoms with Crippen molar-refractivity contribution in [2.75, 3.05) is 38.1 Å². The summed E-state index contributed by atoms with van der Waals surface area (Å²) in [6, 6.07) is 12.2. The number of carbonyl (C=O) groups excluding carboxylic acids is 1. The van der Waals surface area contributed by atoms with Gasteiger partial charge in [0.05, 0.1) is 5.56 Å². The van der Waals surface area contributed by atoms with Crippen molar-refractivity contribution in [3.8, 4) is 0 Å². The summed E-state index contributed by atoms with van der Waals surface area (Å²) < 4.78 is 37.7. The highest BCUT2D eigenvalue weighted by atomic mass is 19.4. The van der Waals surface area contributed by atoms with Crippen LogP contribution in [0.4, 0.5) is 18.9 Å². The molecule has 0 aromatic heterocycles. The Balaban J connectivity index is 1.54. The van der Waals surface area contributed by atoms with Crippen molar-refractivity contribution < 1.29 is 18.0 Å². The fourth-order valence-electron chi connectivity index (χ4n) is 2.98. The molecule has 1 aliphatic heterocycles. The number of rotatable bonds is 4. The molecule has 1 aliphatic rings. The zero-order chi connectivity index (χ0) is 19.4. The van der Waals surface area contributed by atoms with E-state index in [1.165, 1.54) is 12.1 Å². The average molecular weight is 377 g/mol. The molecule has 1 heterocycles. The molecular weight excluding hydrogens is 355 g/mol. The van der Waals surface area contributed by atoms with Gasteiger partial charge in [-0.05, 0) is 49.0 Å². The van der Waals surface area contributed by atoms with Gasteiger partial charge in [0.2, 0.25) is 0 Å². The summed E-state index contributed by atoms with van der Waals surface area (Å²) in [4.78, 5) is 16.7. The summed E-state index contributed by atoms with van der Waals surface area (Å²) in [6.45, 7) is 4.36. The van der Waals surface area contributed by atoms with Crippen molar-refractivity contribution in [3.05, 3.63) is 65.2 Å². The Morgan fingerprint density at radius 2 is 1.56 bits per heavy atom. The number of likely N-dealkylation sites (N-methyl/N-ethyl adjacent to an activating group) is 1. The van der Waals surface area contributed by atoms with Crippen molar-refractivity contribution in [1.29, 1.82) is 0 Å². The molecule has 2 aromatic rings. The van der Waals surface area contributed by atoms with Gasteiger partial charge in [0.1, 0.15) is 0 Å². The first kappa shape index (κ1) is 19.2. The van der Waals surface area contributed by atoms with Crippen LogP contribution in [0.5, 0.6) is 0 Å². The van der Waals surface area contributed by atoms with Gasteiger partial charge in [0.25, 0.3) is 5.91 Å². The standard InChI is InChI=1S/C20H22F3N3O/c1-25-10-12-26(13-11-25)18-8-2-15(3-9-18)14-24-19(27)16-4-6-17(7-5-16)20(21,22)23/h2-9H,10-14H2,1H3,(H,24,27). The number of amides is 1. The lowest BCUT2D eigenvalue weighted by Gasteiger charge is -2.34. The van der Waals surface area contributed by atoms with E-state index in [0.29, 0.717) is 6.54 Å². The van der Waals surface area contributed by atoms with E-state index in [9.17, 15) is 18.0 Å². The van der Waals surface area contributed by atoms with E-state index in [2.05, 4.69) is 22.2 Å². The smallest absolute Gasteiger partial charge is 0.369 e. The predicted molar refractivity (Wildman–Crippen MR) is 98.8 cm³/mol. The van der Waals surface area contributed by atoms with Crippen LogP contribution in [0.15, 0.2) is 48.5 Å². The Bertz CT molecular complexity index is 765. The molecule has 3 rings (SSSR count). The Labute approximate surface area is 156 Å². The number of carbonyl (C=O) groups is 1. The van der Waals surface area contributed by atoms with Gasteiger partial charge in [0, 0.05) is 44.0 Å². The molecule has 2 aromatic carbocycles. The molecule has 1 amide bonds. The molecule has 1 saturated heterocycles. The quantitative estimate of drug-likeness (QED) is 0.887. The molecule has 1 fully saturated rings. The van der Waals surface area contributed by atoms with Gasteiger partial charge in [-0.15, -0.1) is 0 Å². The molecular formula is C20H22F3N3O. The SMILES string of the molecule is CN1CCN(c2ccc(CNC(=O)c3ccc(C(F)(F)F)cc3)cc2)CC1. The van der Waals surface area contributed by atoms with E-state index < -0.39 is 17.6 Å². The molecule has 0 aliphatic carbocycles. The number of hydrogen-bond donors (Lipinski definition) is 1. The second-order valence-electron chi connectivity index (χ2n) is 6.71. The molecule has 0 unspecified atom stereocenters. The second kappa shape index (κ2) is 8.00. The van der Waals surface area contributed by atoms with Gasteiger partial charge < -0.3 is 15.1 Å². The Morgan fingerprint density at radius 1 is 0.963 bits per heavy atom. The highest BCUT2D eigenvalue weighted by Gasteiger charge is 2.30. The topological polar surface area (TPSA) is 35.6 Å². The number of hydrogen-bond acceptors (Lipinski definition) is 3. The predicted octanol–water partition coefficient (Wildman–Crippen LogP) is 3.39. The third-order valence-electron chi connectivity index (χ3n) is 4.73. The monoisotopic (exact) mass is 377 g/mol. The number of nitrogens with zero attached hydrogens (tertiary/aromatic N) is 2. The zero-order valence-corrected chi connectivity index (χ0v) is 15.1. The van der Waals surface area contributed by atoms with Gasteiger partial charge >= 0.3 is 6.18 Å². The number of halogens is 3. The Morgan fingerprint density at radius 3 is 2.11 bits per heavy atom. The Kier molecular flexibility index (Phi) is 5.70. The molecule has 0 atom stereocenters. The highest BCUT2D eigenvalue weighted by Crippen LogP contribution is 2.29. The summed E-state index contributed by atoms with van der Waals surface area (Å²) in [6.07, 6.45) is -4.40. The van der Waals surface area contributed by atoms with E-state index >= 15 is 0 Å². The van der Waals surface area contributed by atoms with Crippen LogP contribution in [-0.2, 0) is 12.7 Å². The van der Waals surface area contributed by atoms with E-state index in [4.69, 9.17) is 0 Å². The minimum Gasteiger partial charge on any atom is -0.369 e. The number of nitrogens with one attached hydrogen (secondary N) is 1. The van der Waals surface area contributed by atoms with Crippen molar-refractivity contribution in [3.63, 3.8) is 0 Å². The van der Waals surface area contributed by atoms with E-state index in [1.54, 1.807) is 0 Å². The van der Waals surface area contributed by atoms with Crippen molar-refractivity contribution in [1.82, 2.24) is 10.2 Å². The lowest BCUT2D eigenvalue weighted by molar-refractivity contribution is -0.137. The van der Waals surface area contributed by atoms with Crippen LogP contribution in [0.25, 0.3) is 0 Å². The Hall–Kier alpha value is -2.54. The summed E-state index contributed by atoms with van der Waals surface area (Å²) in [5.74, 6) is -0.396. The van der Waals surface area contributed by atoms with Gasteiger partial charge in [-0.2, -0.15) is 13.2 Å². The van der Waals surface area contributed by atoms with Crippen molar-refractivity contribution >= 4 is 11.6 Å². The maximum absolute atomic E-state index is 12.6. The third-order valence-corrected chi connectivity index (χ3v) is 4.73. The lowest BCUT2D eigenvalue weighted by Crippen LogP contribution is -2.44. The minimum absolute atomic E-state index is 0.206. The van der Waals surface area contributed by atoms with Crippen LogP contribution in [0.1, 0.15) is 21.5 Å². The molecule has 7 heteroatoms. The van der Waals surface area contributed by atoms with Gasteiger partial charge in [-0.25, -0.2) is 0 Å². The van der Waals surface area contributed by atoms with Crippen LogP contribution in [0.3, 0.4) is 0 Å². The first-order chi connectivity index (χ1) is 12.8. The van der Waals surface area contributed by atoms with Gasteiger partial charge in [-0.3, -0.25) is 4.79 Å². The van der Waals surface area contributed by atoms with Crippen molar-refractivity contribution in [2.45, 2.75) is 12.7 Å². The first-order valence-electron chi connectivity index (χ1n) is 8.81. The average Bonchev–Trinajstić information content (AvgIpc) is 2.66. The molecule has 4 nitrogen and oxygen atoms in total. The minimum atomic E-state index is -4.40. The van der Waals surface area contributed by atoms with Gasteiger partial charge in [-0.1, -0.05) is 12.1 Å².